The van der Waals surface area contributed by atoms with Crippen LogP contribution >= 0.6 is 0 Å². The Morgan fingerprint density at radius 3 is 2.93 bits per heavy atom. The second-order valence-corrected chi connectivity index (χ2v) is 7.33. The lowest BCUT2D eigenvalue weighted by molar-refractivity contribution is 0.0522. The molecular weight excluding hydrogens is 352 g/mol. The van der Waals surface area contributed by atoms with Crippen LogP contribution in [-0.4, -0.2) is 51.6 Å². The average molecular weight is 378 g/mol. The number of nitrogens with zero attached hydrogens (tertiary/aromatic N) is 4. The fraction of sp³-hybridized carbons (Fsp3) is 0.409. The van der Waals surface area contributed by atoms with Crippen LogP contribution in [0.3, 0.4) is 0 Å². The minimum Gasteiger partial charge on any atom is -0.376 e. The van der Waals surface area contributed by atoms with Crippen LogP contribution in [0.1, 0.15) is 42.2 Å². The smallest absolute Gasteiger partial charge is 0.276 e. The maximum Gasteiger partial charge on any atom is 0.276 e. The molecule has 1 fully saturated rings. The van der Waals surface area contributed by atoms with Crippen molar-refractivity contribution in [3.05, 3.63) is 59.9 Å². The first-order chi connectivity index (χ1) is 13.7. The second kappa shape index (κ2) is 8.52. The van der Waals surface area contributed by atoms with Gasteiger partial charge in [0.05, 0.1) is 18.8 Å². The zero-order valence-corrected chi connectivity index (χ0v) is 16.3. The minimum absolute atomic E-state index is 0.0680. The van der Waals surface area contributed by atoms with E-state index in [9.17, 15) is 4.79 Å². The molecule has 1 amide bonds. The summed E-state index contributed by atoms with van der Waals surface area (Å²) in [5.41, 5.74) is 1.55. The molecule has 1 aliphatic heterocycles. The normalized spacial score (nSPS) is 16.5. The number of ether oxygens (including phenoxy) is 1. The maximum atomic E-state index is 13.0. The quantitative estimate of drug-likeness (QED) is 0.631. The van der Waals surface area contributed by atoms with E-state index in [1.165, 1.54) is 10.8 Å². The van der Waals surface area contributed by atoms with Gasteiger partial charge < -0.3 is 9.64 Å². The Morgan fingerprint density at radius 2 is 2.11 bits per heavy atom. The number of hydrogen-bond donors (Lipinski definition) is 0. The van der Waals surface area contributed by atoms with Crippen molar-refractivity contribution in [2.45, 2.75) is 38.8 Å². The van der Waals surface area contributed by atoms with Gasteiger partial charge in [-0.2, -0.15) is 0 Å². The highest BCUT2D eigenvalue weighted by atomic mass is 16.5. The van der Waals surface area contributed by atoms with E-state index < -0.39 is 0 Å². The molecule has 1 saturated heterocycles. The second-order valence-electron chi connectivity index (χ2n) is 7.33. The Balaban J connectivity index is 1.50. The molecule has 2 heterocycles. The molecule has 0 N–H and O–H groups in total. The van der Waals surface area contributed by atoms with Crippen molar-refractivity contribution in [1.82, 2.24) is 19.9 Å². The molecule has 6 nitrogen and oxygen atoms in total. The molecule has 6 heteroatoms. The molecule has 2 aromatic carbocycles. The summed E-state index contributed by atoms with van der Waals surface area (Å²) in [5, 5.41) is 10.7. The monoisotopic (exact) mass is 378 g/mol. The largest absolute Gasteiger partial charge is 0.376 e. The van der Waals surface area contributed by atoms with Crippen molar-refractivity contribution in [1.29, 1.82) is 0 Å². The van der Waals surface area contributed by atoms with E-state index in [1.54, 1.807) is 10.9 Å². The van der Waals surface area contributed by atoms with Crippen LogP contribution in [0.4, 0.5) is 0 Å². The van der Waals surface area contributed by atoms with Gasteiger partial charge in [0, 0.05) is 19.7 Å². The van der Waals surface area contributed by atoms with Crippen LogP contribution in [-0.2, 0) is 11.3 Å². The summed E-state index contributed by atoms with van der Waals surface area (Å²) >= 11 is 0. The average Bonchev–Trinajstić information content (AvgIpc) is 3.40. The van der Waals surface area contributed by atoms with Gasteiger partial charge in [-0.25, -0.2) is 4.68 Å². The van der Waals surface area contributed by atoms with E-state index in [-0.39, 0.29) is 12.0 Å². The van der Waals surface area contributed by atoms with Crippen molar-refractivity contribution in [3.8, 4) is 0 Å². The number of carbonyl (C=O) groups is 1. The molecule has 1 aliphatic rings. The third-order valence-electron chi connectivity index (χ3n) is 5.20. The van der Waals surface area contributed by atoms with Gasteiger partial charge in [0.1, 0.15) is 0 Å². The summed E-state index contributed by atoms with van der Waals surface area (Å²) in [4.78, 5) is 14.8. The SMILES string of the molecule is CCCN(C[C@H]1CCCO1)C(=O)c1cn(Cc2cccc3ccccc23)nn1. The zero-order valence-electron chi connectivity index (χ0n) is 16.3. The van der Waals surface area contributed by atoms with Crippen LogP contribution in [0.25, 0.3) is 10.8 Å². The molecule has 3 aromatic rings. The number of aromatic nitrogens is 3. The number of fused-ring (bicyclic) bond motifs is 1. The van der Waals surface area contributed by atoms with Crippen LogP contribution in [0, 0.1) is 0 Å². The van der Waals surface area contributed by atoms with E-state index in [4.69, 9.17) is 4.74 Å². The Hall–Kier alpha value is -2.73. The van der Waals surface area contributed by atoms with E-state index in [0.29, 0.717) is 25.3 Å². The maximum absolute atomic E-state index is 13.0. The first kappa shape index (κ1) is 18.6. The summed E-state index contributed by atoms with van der Waals surface area (Å²) in [6.45, 7) is 4.78. The van der Waals surface area contributed by atoms with Crippen LogP contribution in [0.2, 0.25) is 0 Å². The van der Waals surface area contributed by atoms with Gasteiger partial charge in [-0.15, -0.1) is 5.10 Å². The van der Waals surface area contributed by atoms with Gasteiger partial charge in [-0.3, -0.25) is 4.79 Å². The highest BCUT2D eigenvalue weighted by Crippen LogP contribution is 2.19. The molecule has 1 aromatic heterocycles. The minimum atomic E-state index is -0.0680. The number of hydrogen-bond acceptors (Lipinski definition) is 4. The van der Waals surface area contributed by atoms with Crippen molar-refractivity contribution >= 4 is 16.7 Å². The lowest BCUT2D eigenvalue weighted by atomic mass is 10.0. The third kappa shape index (κ3) is 4.07. The Kier molecular flexibility index (Phi) is 5.67. The fourth-order valence-electron chi connectivity index (χ4n) is 3.82. The van der Waals surface area contributed by atoms with Crippen molar-refractivity contribution < 1.29 is 9.53 Å². The van der Waals surface area contributed by atoms with Crippen LogP contribution in [0.5, 0.6) is 0 Å². The predicted octanol–water partition coefficient (Wildman–Crippen LogP) is 3.51. The molecule has 4 rings (SSSR count). The van der Waals surface area contributed by atoms with Gasteiger partial charge in [0.15, 0.2) is 5.69 Å². The highest BCUT2D eigenvalue weighted by Gasteiger charge is 2.24. The van der Waals surface area contributed by atoms with Crippen molar-refractivity contribution in [2.24, 2.45) is 0 Å². The molecule has 0 aliphatic carbocycles. The summed E-state index contributed by atoms with van der Waals surface area (Å²) in [6.07, 6.45) is 4.88. The molecule has 146 valence electrons. The lowest BCUT2D eigenvalue weighted by Gasteiger charge is -2.24. The summed E-state index contributed by atoms with van der Waals surface area (Å²) < 4.78 is 7.45. The topological polar surface area (TPSA) is 60.2 Å². The van der Waals surface area contributed by atoms with E-state index in [1.807, 2.05) is 23.1 Å². The van der Waals surface area contributed by atoms with E-state index >= 15 is 0 Å². The highest BCUT2D eigenvalue weighted by molar-refractivity contribution is 5.92. The van der Waals surface area contributed by atoms with Gasteiger partial charge in [0.2, 0.25) is 0 Å². The molecule has 0 saturated carbocycles. The molecule has 0 unspecified atom stereocenters. The first-order valence-corrected chi connectivity index (χ1v) is 10.0. The molecule has 1 atom stereocenters. The molecule has 0 radical (unpaired) electrons. The van der Waals surface area contributed by atoms with E-state index in [2.05, 4.69) is 41.5 Å². The summed E-state index contributed by atoms with van der Waals surface area (Å²) in [5.74, 6) is -0.0680. The fourth-order valence-corrected chi connectivity index (χ4v) is 3.82. The molecule has 28 heavy (non-hydrogen) atoms. The molecular formula is C22H26N4O2. The standard InChI is InChI=1S/C22H26N4O2/c1-2-12-25(15-19-10-6-13-28-19)22(27)21-16-26(24-23-21)14-18-9-5-8-17-7-3-4-11-20(17)18/h3-5,7-9,11,16,19H,2,6,10,12-15H2,1H3/t19-/m1/s1. The van der Waals surface area contributed by atoms with Crippen molar-refractivity contribution in [3.63, 3.8) is 0 Å². The summed E-state index contributed by atoms with van der Waals surface area (Å²) in [7, 11) is 0. The predicted molar refractivity (Wildman–Crippen MR) is 108 cm³/mol. The number of rotatable bonds is 7. The Morgan fingerprint density at radius 1 is 1.25 bits per heavy atom. The van der Waals surface area contributed by atoms with Gasteiger partial charge in [-0.1, -0.05) is 54.6 Å². The zero-order chi connectivity index (χ0) is 19.3. The summed E-state index contributed by atoms with van der Waals surface area (Å²) in [6, 6.07) is 14.5. The van der Waals surface area contributed by atoms with Crippen molar-refractivity contribution in [2.75, 3.05) is 19.7 Å². The van der Waals surface area contributed by atoms with Gasteiger partial charge >= 0.3 is 0 Å². The van der Waals surface area contributed by atoms with Gasteiger partial charge in [0.25, 0.3) is 5.91 Å². The number of benzene rings is 2. The Bertz CT molecular complexity index is 941. The molecule has 0 spiro atoms. The van der Waals surface area contributed by atoms with Crippen LogP contribution in [0.15, 0.2) is 48.7 Å². The van der Waals surface area contributed by atoms with Crippen LogP contribution < -0.4 is 0 Å². The first-order valence-electron chi connectivity index (χ1n) is 10.0. The van der Waals surface area contributed by atoms with E-state index in [0.717, 1.165) is 31.4 Å². The van der Waals surface area contributed by atoms with Gasteiger partial charge in [-0.05, 0) is 35.6 Å². The lowest BCUT2D eigenvalue weighted by Crippen LogP contribution is -2.38. The number of carbonyl (C=O) groups excluding carboxylic acids is 1. The third-order valence-corrected chi connectivity index (χ3v) is 5.20. The Labute approximate surface area is 165 Å². The molecule has 0 bridgehead atoms. The number of amides is 1.